The van der Waals surface area contributed by atoms with Gasteiger partial charge in [-0.2, -0.15) is 0 Å². The van der Waals surface area contributed by atoms with Gasteiger partial charge in [-0.15, -0.1) is 0 Å². The molecule has 0 bridgehead atoms. The number of allylic oxidation sites excluding steroid dienone is 22. The van der Waals surface area contributed by atoms with E-state index in [1.807, 2.05) is 0 Å². The van der Waals surface area contributed by atoms with Crippen molar-refractivity contribution in [2.24, 2.45) is 22.7 Å². The van der Waals surface area contributed by atoms with E-state index in [0.29, 0.717) is 22.7 Å². The van der Waals surface area contributed by atoms with E-state index < -0.39 is 0 Å². The molecule has 0 fully saturated rings. The van der Waals surface area contributed by atoms with Crippen molar-refractivity contribution in [2.45, 2.75) is 94.9 Å². The molecule has 1 unspecified atom stereocenters. The van der Waals surface area contributed by atoms with Gasteiger partial charge >= 0.3 is 0 Å². The molecule has 0 saturated heterocycles. The number of hydrogen-bond acceptors (Lipinski definition) is 0. The summed E-state index contributed by atoms with van der Waals surface area (Å²) < 4.78 is 0. The van der Waals surface area contributed by atoms with Gasteiger partial charge in [0.15, 0.2) is 0 Å². The van der Waals surface area contributed by atoms with Crippen molar-refractivity contribution in [3.63, 3.8) is 0 Å². The van der Waals surface area contributed by atoms with Crippen LogP contribution in [-0.4, -0.2) is 0 Å². The van der Waals surface area contributed by atoms with Crippen LogP contribution in [0.5, 0.6) is 0 Å². The summed E-state index contributed by atoms with van der Waals surface area (Å²) in [5.74, 6) is 1.06. The molecule has 0 nitrogen and oxygen atoms in total. The van der Waals surface area contributed by atoms with Crippen LogP contribution in [0.4, 0.5) is 0 Å². The average molecular weight is 537 g/mol. The molecule has 0 aromatic rings. The van der Waals surface area contributed by atoms with Crippen molar-refractivity contribution in [2.75, 3.05) is 0 Å². The Morgan fingerprint density at radius 1 is 0.550 bits per heavy atom. The summed E-state index contributed by atoms with van der Waals surface area (Å²) in [7, 11) is 0. The van der Waals surface area contributed by atoms with Gasteiger partial charge in [0.1, 0.15) is 0 Å². The first-order valence-corrected chi connectivity index (χ1v) is 15.2. The zero-order valence-corrected chi connectivity index (χ0v) is 27.2. The molecular formula is C40H56. The summed E-state index contributed by atoms with van der Waals surface area (Å²) in [5, 5.41) is 0. The Hall–Kier alpha value is -2.86. The van der Waals surface area contributed by atoms with Gasteiger partial charge in [-0.25, -0.2) is 0 Å². The van der Waals surface area contributed by atoms with E-state index in [1.165, 1.54) is 59.1 Å². The Balaban J connectivity index is 1.87. The normalized spacial score (nSPS) is 25.1. The van der Waals surface area contributed by atoms with Gasteiger partial charge in [-0.1, -0.05) is 158 Å². The third-order valence-corrected chi connectivity index (χ3v) is 8.54. The molecule has 216 valence electrons. The summed E-state index contributed by atoms with van der Waals surface area (Å²) in [6.45, 7) is 22.7. The zero-order chi connectivity index (χ0) is 29.8. The minimum atomic E-state index is 0.343. The summed E-state index contributed by atoms with van der Waals surface area (Å²) in [5.41, 5.74) is 8.72. The predicted octanol–water partition coefficient (Wildman–Crippen LogP) is 12.3. The predicted molar refractivity (Wildman–Crippen MR) is 181 cm³/mol. The van der Waals surface area contributed by atoms with Crippen molar-refractivity contribution in [1.29, 1.82) is 0 Å². The average Bonchev–Trinajstić information content (AvgIpc) is 2.85. The topological polar surface area (TPSA) is 0 Å². The van der Waals surface area contributed by atoms with Crippen LogP contribution in [0.3, 0.4) is 0 Å². The highest BCUT2D eigenvalue weighted by Crippen LogP contribution is 2.42. The van der Waals surface area contributed by atoms with Gasteiger partial charge in [0.25, 0.3) is 0 Å². The molecule has 2 atom stereocenters. The maximum Gasteiger partial charge on any atom is 0.00285 e. The molecule has 0 aromatic heterocycles. The Morgan fingerprint density at radius 2 is 0.875 bits per heavy atom. The van der Waals surface area contributed by atoms with Crippen molar-refractivity contribution in [3.05, 3.63) is 131 Å². The van der Waals surface area contributed by atoms with E-state index >= 15 is 0 Å². The summed E-state index contributed by atoms with van der Waals surface area (Å²) in [6, 6.07) is 0. The van der Waals surface area contributed by atoms with Crippen LogP contribution in [0.1, 0.15) is 94.9 Å². The monoisotopic (exact) mass is 536 g/mol. The van der Waals surface area contributed by atoms with E-state index in [2.05, 4.69) is 166 Å². The van der Waals surface area contributed by atoms with Crippen LogP contribution in [0.15, 0.2) is 131 Å². The fraction of sp³-hybridized carbons (Fsp3) is 0.450. The number of rotatable bonds is 10. The molecule has 0 amide bonds. The molecule has 0 aromatic carbocycles. The summed E-state index contributed by atoms with van der Waals surface area (Å²) >= 11 is 0. The van der Waals surface area contributed by atoms with Crippen LogP contribution < -0.4 is 0 Å². The highest BCUT2D eigenvalue weighted by molar-refractivity contribution is 5.33. The standard InChI is InChI=1S/C40H56/c1-31(19-13-21-33(3)25-27-37-35(5)23-15-29-39(37,7)8)17-11-12-18-32(2)20-14-22-34(4)26-28-38-36(6)24-16-30-40(38,9)10/h11-14,17-28,37-38H,15-16,29-30H2,1-10H3/b12-11+,19-13+,20-14+,27-25+,28-26+,31-17+,32-18+,33-21+,34-22+/t37-,38?/m0/s1. The lowest BCUT2D eigenvalue weighted by molar-refractivity contribution is 0.255. The third-order valence-electron chi connectivity index (χ3n) is 8.54. The molecule has 0 radical (unpaired) electrons. The first-order chi connectivity index (χ1) is 18.8. The second-order valence-corrected chi connectivity index (χ2v) is 13.4. The molecule has 0 aliphatic heterocycles. The molecule has 0 saturated carbocycles. The molecule has 0 heteroatoms. The fourth-order valence-corrected chi connectivity index (χ4v) is 5.80. The fourth-order valence-electron chi connectivity index (χ4n) is 5.80. The molecule has 2 rings (SSSR count). The Labute approximate surface area is 247 Å². The highest BCUT2D eigenvalue weighted by Gasteiger charge is 2.31. The SMILES string of the molecule is CC1=CCCC(C)(C)C1/C=C/C(C)=C/C=C/C(C)=C/C=C/C=C(C)/C=C/C=C(C)/C=C/[C@H]1C(C)=CCCC1(C)C. The van der Waals surface area contributed by atoms with Crippen molar-refractivity contribution < 1.29 is 0 Å². The molecule has 0 heterocycles. The maximum atomic E-state index is 2.40. The summed E-state index contributed by atoms with van der Waals surface area (Å²) in [6.07, 6.45) is 40.6. The second-order valence-electron chi connectivity index (χ2n) is 13.4. The van der Waals surface area contributed by atoms with Gasteiger partial charge in [-0.3, -0.25) is 0 Å². The van der Waals surface area contributed by atoms with Gasteiger partial charge in [0.05, 0.1) is 0 Å². The van der Waals surface area contributed by atoms with Crippen LogP contribution in [0.25, 0.3) is 0 Å². The van der Waals surface area contributed by atoms with Gasteiger partial charge in [0, 0.05) is 11.8 Å². The minimum Gasteiger partial charge on any atom is -0.0850 e. The molecule has 0 spiro atoms. The first kappa shape index (κ1) is 33.3. The molecular weight excluding hydrogens is 480 g/mol. The van der Waals surface area contributed by atoms with E-state index in [-0.39, 0.29) is 0 Å². The smallest absolute Gasteiger partial charge is 0.00285 e. The lowest BCUT2D eigenvalue weighted by atomic mass is 9.68. The molecule has 0 N–H and O–H groups in total. The van der Waals surface area contributed by atoms with Gasteiger partial charge in [-0.05, 0) is 78.1 Å². The molecule has 2 aliphatic rings. The Bertz CT molecular complexity index is 1090. The van der Waals surface area contributed by atoms with E-state index in [9.17, 15) is 0 Å². The lowest BCUT2D eigenvalue weighted by Crippen LogP contribution is -2.26. The van der Waals surface area contributed by atoms with Crippen molar-refractivity contribution in [3.8, 4) is 0 Å². The van der Waals surface area contributed by atoms with Crippen molar-refractivity contribution >= 4 is 0 Å². The highest BCUT2D eigenvalue weighted by atomic mass is 14.4. The second kappa shape index (κ2) is 15.8. The number of hydrogen-bond donors (Lipinski definition) is 0. The zero-order valence-electron chi connectivity index (χ0n) is 27.2. The van der Waals surface area contributed by atoms with E-state index in [0.717, 1.165) is 0 Å². The van der Waals surface area contributed by atoms with Crippen LogP contribution in [0, 0.1) is 22.7 Å². The van der Waals surface area contributed by atoms with Crippen molar-refractivity contribution in [1.82, 2.24) is 0 Å². The largest absolute Gasteiger partial charge is 0.0850 e. The molecule has 2 aliphatic carbocycles. The van der Waals surface area contributed by atoms with E-state index in [4.69, 9.17) is 0 Å². The Kier molecular flexibility index (Phi) is 13.2. The van der Waals surface area contributed by atoms with Gasteiger partial charge < -0.3 is 0 Å². The Morgan fingerprint density at radius 3 is 1.23 bits per heavy atom. The minimum absolute atomic E-state index is 0.343. The van der Waals surface area contributed by atoms with Crippen LogP contribution >= 0.6 is 0 Å². The quantitative estimate of drug-likeness (QED) is 0.192. The third kappa shape index (κ3) is 11.3. The van der Waals surface area contributed by atoms with Crippen LogP contribution in [-0.2, 0) is 0 Å². The van der Waals surface area contributed by atoms with E-state index in [1.54, 1.807) is 0 Å². The maximum absolute atomic E-state index is 2.40. The lowest BCUT2D eigenvalue weighted by Gasteiger charge is -2.36. The molecule has 40 heavy (non-hydrogen) atoms. The first-order valence-electron chi connectivity index (χ1n) is 15.2. The summed E-state index contributed by atoms with van der Waals surface area (Å²) in [4.78, 5) is 0. The van der Waals surface area contributed by atoms with Gasteiger partial charge in [0.2, 0.25) is 0 Å². The van der Waals surface area contributed by atoms with Crippen LogP contribution in [0.2, 0.25) is 0 Å².